The number of hydrogen-bond donors (Lipinski definition) is 0. The van der Waals surface area contributed by atoms with Crippen LogP contribution in [0.15, 0.2) is 42.5 Å². The average Bonchev–Trinajstić information content (AvgIpc) is 2.41. The Hall–Kier alpha value is -1.82. The lowest BCUT2D eigenvalue weighted by Crippen LogP contribution is -2.00. The van der Waals surface area contributed by atoms with Crippen molar-refractivity contribution < 1.29 is 0 Å². The smallest absolute Gasteiger partial charge is 0.000521 e. The van der Waals surface area contributed by atoms with Gasteiger partial charge in [0.05, 0.1) is 0 Å². The summed E-state index contributed by atoms with van der Waals surface area (Å²) in [5, 5.41) is 2.79. The van der Waals surface area contributed by atoms with E-state index in [1.807, 2.05) is 0 Å². The summed E-state index contributed by atoms with van der Waals surface area (Å²) >= 11 is 0. The topological polar surface area (TPSA) is 0 Å². The van der Waals surface area contributed by atoms with E-state index in [1.165, 1.54) is 27.5 Å². The van der Waals surface area contributed by atoms with Gasteiger partial charge in [-0.25, -0.2) is 0 Å². The highest BCUT2D eigenvalue weighted by Crippen LogP contribution is 2.37. The predicted molar refractivity (Wildman–Crippen MR) is 80.7 cm³/mol. The molecule has 0 saturated heterocycles. The van der Waals surface area contributed by atoms with Crippen molar-refractivity contribution in [2.24, 2.45) is 0 Å². The minimum Gasteiger partial charge on any atom is -0.0842 e. The first-order chi connectivity index (χ1) is 8.81. The standard InChI is InChI=1S/C18H18/c1-3-4-6-14-11-12-16-8-5-7-15-10-9-13(2)17(14)18(15)16/h4-13H,3H2,1-2H3/b6-4-. The first-order valence-electron chi connectivity index (χ1n) is 6.71. The van der Waals surface area contributed by atoms with Crippen molar-refractivity contribution in [2.75, 3.05) is 0 Å². The van der Waals surface area contributed by atoms with Crippen LogP contribution in [0, 0.1) is 0 Å². The fraction of sp³-hybridized carbons (Fsp3) is 0.222. The van der Waals surface area contributed by atoms with Crippen molar-refractivity contribution in [3.05, 3.63) is 59.2 Å². The first kappa shape index (κ1) is 11.3. The lowest BCUT2D eigenvalue weighted by molar-refractivity contribution is 0.975. The van der Waals surface area contributed by atoms with E-state index in [2.05, 4.69) is 68.5 Å². The van der Waals surface area contributed by atoms with E-state index in [1.54, 1.807) is 0 Å². The van der Waals surface area contributed by atoms with Crippen molar-refractivity contribution in [3.8, 4) is 0 Å². The molecule has 0 aliphatic heterocycles. The minimum atomic E-state index is 0.500. The predicted octanol–water partition coefficient (Wildman–Crippen LogP) is 5.39. The molecule has 0 heteroatoms. The Morgan fingerprint density at radius 2 is 2.06 bits per heavy atom. The van der Waals surface area contributed by atoms with Gasteiger partial charge in [0.2, 0.25) is 0 Å². The molecule has 1 aliphatic carbocycles. The van der Waals surface area contributed by atoms with Gasteiger partial charge in [0, 0.05) is 5.92 Å². The molecule has 1 unspecified atom stereocenters. The summed E-state index contributed by atoms with van der Waals surface area (Å²) in [6, 6.07) is 11.1. The number of hydrogen-bond acceptors (Lipinski definition) is 0. The number of benzene rings is 2. The molecule has 0 saturated carbocycles. The van der Waals surface area contributed by atoms with Gasteiger partial charge in [0.15, 0.2) is 0 Å². The zero-order valence-electron chi connectivity index (χ0n) is 11.0. The molecule has 90 valence electrons. The molecule has 2 aromatic rings. The van der Waals surface area contributed by atoms with E-state index < -0.39 is 0 Å². The maximum atomic E-state index is 2.31. The molecule has 3 rings (SSSR count). The van der Waals surface area contributed by atoms with Gasteiger partial charge in [-0.05, 0) is 33.9 Å². The number of rotatable bonds is 2. The highest BCUT2D eigenvalue weighted by molar-refractivity contribution is 5.97. The molecular weight excluding hydrogens is 216 g/mol. The Labute approximate surface area is 109 Å². The monoisotopic (exact) mass is 234 g/mol. The largest absolute Gasteiger partial charge is 0.0842 e. The van der Waals surface area contributed by atoms with Gasteiger partial charge in [-0.2, -0.15) is 0 Å². The molecule has 0 radical (unpaired) electrons. The summed E-state index contributed by atoms with van der Waals surface area (Å²) in [5.74, 6) is 0.500. The quantitative estimate of drug-likeness (QED) is 0.653. The van der Waals surface area contributed by atoms with Crippen LogP contribution >= 0.6 is 0 Å². The van der Waals surface area contributed by atoms with Crippen LogP contribution in [0.25, 0.3) is 22.9 Å². The Balaban J connectivity index is 2.34. The van der Waals surface area contributed by atoms with Gasteiger partial charge in [0.25, 0.3) is 0 Å². The van der Waals surface area contributed by atoms with E-state index in [0.717, 1.165) is 6.42 Å². The number of allylic oxidation sites excluding steroid dienone is 2. The molecular formula is C18H18. The highest BCUT2D eigenvalue weighted by atomic mass is 14.2. The summed E-state index contributed by atoms with van der Waals surface area (Å²) in [5.41, 5.74) is 4.20. The van der Waals surface area contributed by atoms with Crippen LogP contribution in [0.1, 0.15) is 42.9 Å². The van der Waals surface area contributed by atoms with Crippen molar-refractivity contribution in [1.82, 2.24) is 0 Å². The van der Waals surface area contributed by atoms with Gasteiger partial charge in [-0.15, -0.1) is 0 Å². The van der Waals surface area contributed by atoms with Crippen LogP contribution in [0.4, 0.5) is 0 Å². The maximum Gasteiger partial charge on any atom is 0.000521 e. The molecule has 0 N–H and O–H groups in total. The Kier molecular flexibility index (Phi) is 2.79. The van der Waals surface area contributed by atoms with Gasteiger partial charge in [-0.1, -0.05) is 68.5 Å². The van der Waals surface area contributed by atoms with Crippen LogP contribution in [-0.4, -0.2) is 0 Å². The van der Waals surface area contributed by atoms with Crippen LogP contribution in [0.2, 0.25) is 0 Å². The fourth-order valence-corrected chi connectivity index (χ4v) is 2.82. The van der Waals surface area contributed by atoms with Crippen LogP contribution in [0.3, 0.4) is 0 Å². The molecule has 1 atom stereocenters. The second-order valence-corrected chi connectivity index (χ2v) is 4.97. The molecule has 0 fully saturated rings. The second kappa shape index (κ2) is 4.45. The SMILES string of the molecule is CC/C=C\c1ccc2cccc3c2c1C(C)C=C3. The molecule has 0 amide bonds. The maximum absolute atomic E-state index is 2.31. The van der Waals surface area contributed by atoms with Gasteiger partial charge >= 0.3 is 0 Å². The molecule has 2 aromatic carbocycles. The van der Waals surface area contributed by atoms with Gasteiger partial charge in [0.1, 0.15) is 0 Å². The van der Waals surface area contributed by atoms with E-state index in [0.29, 0.717) is 5.92 Å². The Morgan fingerprint density at radius 3 is 2.89 bits per heavy atom. The van der Waals surface area contributed by atoms with E-state index in [-0.39, 0.29) is 0 Å². The van der Waals surface area contributed by atoms with Gasteiger partial charge in [-0.3, -0.25) is 0 Å². The van der Waals surface area contributed by atoms with Crippen LogP contribution in [-0.2, 0) is 0 Å². The zero-order chi connectivity index (χ0) is 12.5. The third-order valence-corrected chi connectivity index (χ3v) is 3.70. The summed E-state index contributed by atoms with van der Waals surface area (Å²) in [6.07, 6.45) is 10.2. The summed E-state index contributed by atoms with van der Waals surface area (Å²) in [4.78, 5) is 0. The zero-order valence-corrected chi connectivity index (χ0v) is 11.0. The second-order valence-electron chi connectivity index (χ2n) is 4.97. The Bertz CT molecular complexity index is 644. The van der Waals surface area contributed by atoms with Crippen LogP contribution < -0.4 is 0 Å². The van der Waals surface area contributed by atoms with E-state index in [4.69, 9.17) is 0 Å². The van der Waals surface area contributed by atoms with Crippen molar-refractivity contribution >= 4 is 22.9 Å². The normalized spacial score (nSPS) is 17.8. The summed E-state index contributed by atoms with van der Waals surface area (Å²) in [7, 11) is 0. The van der Waals surface area contributed by atoms with Crippen molar-refractivity contribution in [1.29, 1.82) is 0 Å². The first-order valence-corrected chi connectivity index (χ1v) is 6.71. The third-order valence-electron chi connectivity index (χ3n) is 3.70. The van der Waals surface area contributed by atoms with Crippen molar-refractivity contribution in [3.63, 3.8) is 0 Å². The molecule has 18 heavy (non-hydrogen) atoms. The molecule has 0 spiro atoms. The summed E-state index contributed by atoms with van der Waals surface area (Å²) < 4.78 is 0. The third kappa shape index (κ3) is 1.69. The molecule has 0 heterocycles. The highest BCUT2D eigenvalue weighted by Gasteiger charge is 2.16. The van der Waals surface area contributed by atoms with Crippen LogP contribution in [0.5, 0.6) is 0 Å². The average molecular weight is 234 g/mol. The fourth-order valence-electron chi connectivity index (χ4n) is 2.82. The lowest BCUT2D eigenvalue weighted by atomic mass is 9.84. The lowest BCUT2D eigenvalue weighted by Gasteiger charge is -2.20. The van der Waals surface area contributed by atoms with E-state index >= 15 is 0 Å². The minimum absolute atomic E-state index is 0.500. The molecule has 0 bridgehead atoms. The van der Waals surface area contributed by atoms with Crippen molar-refractivity contribution in [2.45, 2.75) is 26.2 Å². The Morgan fingerprint density at radius 1 is 1.17 bits per heavy atom. The van der Waals surface area contributed by atoms with E-state index in [9.17, 15) is 0 Å². The molecule has 0 nitrogen and oxygen atoms in total. The molecule has 1 aliphatic rings. The molecule has 0 aromatic heterocycles. The van der Waals surface area contributed by atoms with Gasteiger partial charge < -0.3 is 0 Å². The summed E-state index contributed by atoms with van der Waals surface area (Å²) in [6.45, 7) is 4.46.